The van der Waals surface area contributed by atoms with Crippen LogP contribution in [-0.2, 0) is 15.0 Å². The molecule has 1 saturated heterocycles. The summed E-state index contributed by atoms with van der Waals surface area (Å²) in [5.41, 5.74) is 8.45. The average Bonchev–Trinajstić information content (AvgIpc) is 3.09. The Kier molecular flexibility index (Phi) is 3.69. The van der Waals surface area contributed by atoms with Crippen LogP contribution in [0, 0.1) is 5.92 Å². The van der Waals surface area contributed by atoms with Crippen LogP contribution in [0.3, 0.4) is 0 Å². The Bertz CT molecular complexity index is 1020. The van der Waals surface area contributed by atoms with E-state index in [0.717, 1.165) is 54.7 Å². The summed E-state index contributed by atoms with van der Waals surface area (Å²) in [6, 6.07) is 8.37. The molecule has 2 fully saturated rings. The van der Waals surface area contributed by atoms with Gasteiger partial charge in [0.1, 0.15) is 24.0 Å². The Morgan fingerprint density at radius 1 is 1.14 bits per heavy atom. The van der Waals surface area contributed by atoms with Crippen LogP contribution in [0.2, 0.25) is 5.02 Å². The molecule has 0 radical (unpaired) electrons. The van der Waals surface area contributed by atoms with Crippen molar-refractivity contribution in [2.75, 3.05) is 13.2 Å². The summed E-state index contributed by atoms with van der Waals surface area (Å²) in [7, 11) is 0. The molecule has 1 aromatic carbocycles. The molecule has 150 valence electrons. The molecule has 6 nitrogen and oxygen atoms in total. The van der Waals surface area contributed by atoms with E-state index in [1.54, 1.807) is 6.20 Å². The van der Waals surface area contributed by atoms with E-state index in [4.69, 9.17) is 36.5 Å². The quantitative estimate of drug-likeness (QED) is 0.774. The zero-order chi connectivity index (χ0) is 19.6. The molecule has 2 aromatic rings. The number of fused-ring (bicyclic) bond motifs is 4. The fourth-order valence-corrected chi connectivity index (χ4v) is 5.64. The van der Waals surface area contributed by atoms with Gasteiger partial charge in [-0.2, -0.15) is 0 Å². The van der Waals surface area contributed by atoms with Crippen LogP contribution >= 0.6 is 11.6 Å². The molecule has 0 bridgehead atoms. The zero-order valence-electron chi connectivity index (χ0n) is 15.9. The molecule has 3 unspecified atom stereocenters. The Labute approximate surface area is 174 Å². The van der Waals surface area contributed by atoms with Crippen molar-refractivity contribution >= 4 is 17.6 Å². The van der Waals surface area contributed by atoms with Gasteiger partial charge in [-0.3, -0.25) is 4.98 Å². The molecule has 1 saturated carbocycles. The summed E-state index contributed by atoms with van der Waals surface area (Å²) in [6.07, 6.45) is 7.55. The Morgan fingerprint density at radius 2 is 2.03 bits per heavy atom. The minimum atomic E-state index is -0.545. The minimum Gasteiger partial charge on any atom is -0.490 e. The lowest BCUT2D eigenvalue weighted by Gasteiger charge is -2.54. The molecular weight excluding hydrogens is 390 g/mol. The molecule has 0 amide bonds. The van der Waals surface area contributed by atoms with Gasteiger partial charge in [-0.15, -0.1) is 0 Å². The number of halogens is 1. The second kappa shape index (κ2) is 6.09. The van der Waals surface area contributed by atoms with Crippen molar-refractivity contribution in [2.45, 2.75) is 42.9 Å². The maximum atomic E-state index is 6.47. The third kappa shape index (κ3) is 2.58. The molecular formula is C22H22ClN3O3. The zero-order valence-corrected chi connectivity index (χ0v) is 16.7. The number of nitrogens with two attached hydrogens (primary N) is 1. The first-order chi connectivity index (χ1) is 14.1. The average molecular weight is 412 g/mol. The normalized spacial score (nSPS) is 34.6. The molecule has 1 aliphatic carbocycles. The summed E-state index contributed by atoms with van der Waals surface area (Å²) in [6.45, 7) is 1.28. The maximum Gasteiger partial charge on any atom is 0.283 e. The number of hydrogen-bond donors (Lipinski definition) is 1. The minimum absolute atomic E-state index is 0.0314. The summed E-state index contributed by atoms with van der Waals surface area (Å²) in [5.74, 6) is 1.02. The highest BCUT2D eigenvalue weighted by atomic mass is 35.5. The van der Waals surface area contributed by atoms with Crippen molar-refractivity contribution in [1.82, 2.24) is 4.98 Å². The van der Waals surface area contributed by atoms with Gasteiger partial charge >= 0.3 is 0 Å². The van der Waals surface area contributed by atoms with Crippen molar-refractivity contribution < 1.29 is 14.2 Å². The van der Waals surface area contributed by atoms with Crippen molar-refractivity contribution in [3.63, 3.8) is 0 Å². The van der Waals surface area contributed by atoms with Crippen LogP contribution in [0.4, 0.5) is 0 Å². The smallest absolute Gasteiger partial charge is 0.283 e. The summed E-state index contributed by atoms with van der Waals surface area (Å²) in [4.78, 5) is 9.10. The molecule has 1 aromatic heterocycles. The summed E-state index contributed by atoms with van der Waals surface area (Å²) in [5, 5.41) is 0.606. The lowest BCUT2D eigenvalue weighted by molar-refractivity contribution is -0.197. The van der Waals surface area contributed by atoms with E-state index >= 15 is 0 Å². The summed E-state index contributed by atoms with van der Waals surface area (Å²) >= 11 is 6.16. The highest BCUT2D eigenvalue weighted by Gasteiger charge is 2.59. The van der Waals surface area contributed by atoms with E-state index < -0.39 is 5.54 Å². The second-order valence-corrected chi connectivity index (χ2v) is 8.99. The fourth-order valence-electron chi connectivity index (χ4n) is 5.46. The maximum absolute atomic E-state index is 6.47. The summed E-state index contributed by atoms with van der Waals surface area (Å²) < 4.78 is 18.2. The van der Waals surface area contributed by atoms with Crippen molar-refractivity contribution in [2.24, 2.45) is 16.6 Å². The van der Waals surface area contributed by atoms with Gasteiger partial charge in [0.25, 0.3) is 6.02 Å². The van der Waals surface area contributed by atoms with E-state index in [2.05, 4.69) is 11.1 Å². The number of benzene rings is 1. The van der Waals surface area contributed by atoms with Crippen LogP contribution < -0.4 is 10.5 Å². The van der Waals surface area contributed by atoms with E-state index in [9.17, 15) is 0 Å². The molecule has 29 heavy (non-hydrogen) atoms. The molecule has 3 aliphatic heterocycles. The number of rotatable bonds is 1. The van der Waals surface area contributed by atoms with Gasteiger partial charge in [-0.05, 0) is 49.4 Å². The first kappa shape index (κ1) is 17.5. The van der Waals surface area contributed by atoms with E-state index in [-0.39, 0.29) is 23.6 Å². The lowest BCUT2D eigenvalue weighted by atomic mass is 9.62. The van der Waals surface area contributed by atoms with Crippen LogP contribution in [0.1, 0.15) is 31.2 Å². The largest absolute Gasteiger partial charge is 0.490 e. The van der Waals surface area contributed by atoms with Gasteiger partial charge in [0.2, 0.25) is 0 Å². The standard InChI is InChI=1S/C22H22ClN3O3/c23-15-7-14(10-25-11-15)13-1-2-18-16(8-13)22(12-27-20(24)26-22)17-9-21(5-6-28-21)4-3-19(17)29-18/h1-2,7-8,10-11,17,19H,3-6,9,12H2,(H2,24,26)/t17-,19?,21?,22?/m0/s1. The molecule has 7 heteroatoms. The third-order valence-electron chi connectivity index (χ3n) is 7.02. The first-order valence-electron chi connectivity index (χ1n) is 10.1. The van der Waals surface area contributed by atoms with Gasteiger partial charge < -0.3 is 19.9 Å². The van der Waals surface area contributed by atoms with Crippen molar-refractivity contribution in [3.8, 4) is 16.9 Å². The SMILES string of the molecule is NC1=NC2(CO1)c1cc(-c3cncc(Cl)c3)ccc1OC1CCC3(CCO3)C[C@@H]12. The predicted molar refractivity (Wildman–Crippen MR) is 109 cm³/mol. The van der Waals surface area contributed by atoms with Crippen molar-refractivity contribution in [3.05, 3.63) is 47.2 Å². The third-order valence-corrected chi connectivity index (χ3v) is 7.22. The lowest BCUT2D eigenvalue weighted by Crippen LogP contribution is -2.58. The van der Waals surface area contributed by atoms with Gasteiger partial charge in [-0.1, -0.05) is 17.7 Å². The molecule has 6 rings (SSSR count). The van der Waals surface area contributed by atoms with Crippen LogP contribution in [0.5, 0.6) is 5.75 Å². The van der Waals surface area contributed by atoms with Crippen molar-refractivity contribution in [1.29, 1.82) is 0 Å². The number of nitrogens with zero attached hydrogens (tertiary/aromatic N) is 2. The Morgan fingerprint density at radius 3 is 2.76 bits per heavy atom. The Balaban J connectivity index is 1.49. The van der Waals surface area contributed by atoms with Crippen LogP contribution in [-0.4, -0.2) is 35.9 Å². The number of hydrogen-bond acceptors (Lipinski definition) is 6. The number of pyridine rings is 1. The molecule has 4 aliphatic rings. The number of aliphatic imine (C=N–C) groups is 1. The van der Waals surface area contributed by atoms with Crippen LogP contribution in [0.15, 0.2) is 41.7 Å². The highest BCUT2D eigenvalue weighted by Crippen LogP contribution is 2.56. The predicted octanol–water partition coefficient (Wildman–Crippen LogP) is 3.66. The monoisotopic (exact) mass is 411 g/mol. The van der Waals surface area contributed by atoms with Gasteiger partial charge in [0, 0.05) is 29.4 Å². The topological polar surface area (TPSA) is 79.0 Å². The van der Waals surface area contributed by atoms with Gasteiger partial charge in [-0.25, -0.2) is 4.99 Å². The number of aromatic nitrogens is 1. The van der Waals surface area contributed by atoms with Crippen LogP contribution in [0.25, 0.3) is 11.1 Å². The van der Waals surface area contributed by atoms with Gasteiger partial charge in [0.05, 0.1) is 17.2 Å². The first-order valence-corrected chi connectivity index (χ1v) is 10.5. The number of amidine groups is 1. The van der Waals surface area contributed by atoms with E-state index in [0.29, 0.717) is 11.6 Å². The molecule has 4 atom stereocenters. The molecule has 2 N–H and O–H groups in total. The van der Waals surface area contributed by atoms with Gasteiger partial charge in [0.15, 0.2) is 0 Å². The fraction of sp³-hybridized carbons (Fsp3) is 0.455. The van der Waals surface area contributed by atoms with E-state index in [1.807, 2.05) is 24.4 Å². The van der Waals surface area contributed by atoms with E-state index in [1.165, 1.54) is 0 Å². The molecule has 4 heterocycles. The number of ether oxygens (including phenoxy) is 3. The Hall–Kier alpha value is -2.31. The highest BCUT2D eigenvalue weighted by molar-refractivity contribution is 6.30. The second-order valence-electron chi connectivity index (χ2n) is 8.55. The molecule has 2 spiro atoms.